The summed E-state index contributed by atoms with van der Waals surface area (Å²) < 4.78 is 18.3. The van der Waals surface area contributed by atoms with E-state index in [0.29, 0.717) is 18.7 Å². The zero-order valence-electron chi connectivity index (χ0n) is 10.8. The predicted molar refractivity (Wildman–Crippen MR) is 66.2 cm³/mol. The van der Waals surface area contributed by atoms with Crippen LogP contribution in [0.5, 0.6) is 0 Å². The normalized spacial score (nSPS) is 12.7. The van der Waals surface area contributed by atoms with E-state index < -0.39 is 11.8 Å². The van der Waals surface area contributed by atoms with Crippen molar-refractivity contribution in [3.8, 4) is 0 Å². The molecular formula is C13H18FNO3. The number of methoxy groups -OCH3 is 1. The first kappa shape index (κ1) is 14.6. The largest absolute Gasteiger partial charge is 0.478 e. The van der Waals surface area contributed by atoms with Gasteiger partial charge < -0.3 is 9.84 Å². The van der Waals surface area contributed by atoms with Crippen LogP contribution in [-0.2, 0) is 11.3 Å². The standard InChI is InChI=1S/C13H18FNO3/c1-9(8-18-3)15(2)7-10-4-11(13(16)17)6-12(14)5-10/h4-6,9H,7-8H2,1-3H3,(H,16,17). The fourth-order valence-electron chi connectivity index (χ4n) is 1.68. The lowest BCUT2D eigenvalue weighted by molar-refractivity contribution is 0.0696. The van der Waals surface area contributed by atoms with Crippen LogP contribution in [-0.4, -0.2) is 42.8 Å². The second kappa shape index (κ2) is 6.47. The Bertz CT molecular complexity index is 423. The number of halogens is 1. The van der Waals surface area contributed by atoms with Crippen molar-refractivity contribution in [2.45, 2.75) is 19.5 Å². The van der Waals surface area contributed by atoms with Gasteiger partial charge in [-0.3, -0.25) is 4.90 Å². The summed E-state index contributed by atoms with van der Waals surface area (Å²) in [6, 6.07) is 4.03. The third kappa shape index (κ3) is 4.09. The molecule has 4 nitrogen and oxygen atoms in total. The van der Waals surface area contributed by atoms with Gasteiger partial charge in [0.2, 0.25) is 0 Å². The molecule has 5 heteroatoms. The number of likely N-dealkylation sites (N-methyl/N-ethyl adjacent to an activating group) is 1. The molecular weight excluding hydrogens is 237 g/mol. The Hall–Kier alpha value is -1.46. The summed E-state index contributed by atoms with van der Waals surface area (Å²) in [6.45, 7) is 3.03. The average Bonchev–Trinajstić information content (AvgIpc) is 2.28. The number of nitrogens with zero attached hydrogens (tertiary/aromatic N) is 1. The number of ether oxygens (including phenoxy) is 1. The Balaban J connectivity index is 2.81. The molecule has 1 N–H and O–H groups in total. The Morgan fingerprint density at radius 3 is 2.72 bits per heavy atom. The first-order valence-electron chi connectivity index (χ1n) is 5.66. The number of carboxylic acids is 1. The number of rotatable bonds is 6. The van der Waals surface area contributed by atoms with Gasteiger partial charge in [-0.05, 0) is 37.7 Å². The molecule has 1 aromatic rings. The lowest BCUT2D eigenvalue weighted by atomic mass is 10.1. The van der Waals surface area contributed by atoms with Gasteiger partial charge >= 0.3 is 5.97 Å². The quantitative estimate of drug-likeness (QED) is 0.844. The van der Waals surface area contributed by atoms with Crippen LogP contribution in [0.4, 0.5) is 4.39 Å². The summed E-state index contributed by atoms with van der Waals surface area (Å²) in [5.74, 6) is -1.65. The van der Waals surface area contributed by atoms with Gasteiger partial charge in [0.05, 0.1) is 12.2 Å². The lowest BCUT2D eigenvalue weighted by Crippen LogP contribution is -2.32. The Labute approximate surface area is 106 Å². The molecule has 0 saturated heterocycles. The van der Waals surface area contributed by atoms with E-state index in [0.717, 1.165) is 6.07 Å². The topological polar surface area (TPSA) is 49.8 Å². The molecule has 0 aromatic heterocycles. The number of carbonyl (C=O) groups is 1. The minimum Gasteiger partial charge on any atom is -0.478 e. The van der Waals surface area contributed by atoms with Crippen LogP contribution < -0.4 is 0 Å². The minimum atomic E-state index is -1.12. The molecule has 0 saturated carbocycles. The number of hydrogen-bond acceptors (Lipinski definition) is 3. The molecule has 0 aliphatic heterocycles. The molecule has 0 heterocycles. The van der Waals surface area contributed by atoms with E-state index in [1.807, 2.05) is 18.9 Å². The van der Waals surface area contributed by atoms with Crippen LogP contribution in [0.1, 0.15) is 22.8 Å². The smallest absolute Gasteiger partial charge is 0.335 e. The van der Waals surface area contributed by atoms with Crippen LogP contribution >= 0.6 is 0 Å². The van der Waals surface area contributed by atoms with Crippen molar-refractivity contribution in [1.29, 1.82) is 0 Å². The summed E-state index contributed by atoms with van der Waals surface area (Å²) in [4.78, 5) is 12.8. The van der Waals surface area contributed by atoms with E-state index in [1.54, 1.807) is 7.11 Å². The molecule has 1 aromatic carbocycles. The SMILES string of the molecule is COCC(C)N(C)Cc1cc(F)cc(C(=O)O)c1. The van der Waals surface area contributed by atoms with Crippen molar-refractivity contribution in [3.63, 3.8) is 0 Å². The Morgan fingerprint density at radius 1 is 1.50 bits per heavy atom. The van der Waals surface area contributed by atoms with E-state index in [1.165, 1.54) is 12.1 Å². The highest BCUT2D eigenvalue weighted by atomic mass is 19.1. The first-order chi connectivity index (χ1) is 8.43. The van der Waals surface area contributed by atoms with E-state index >= 15 is 0 Å². The second-order valence-corrected chi connectivity index (χ2v) is 4.37. The minimum absolute atomic E-state index is 0.0298. The van der Waals surface area contributed by atoms with Crippen molar-refractivity contribution in [2.24, 2.45) is 0 Å². The van der Waals surface area contributed by atoms with Crippen LogP contribution in [0.2, 0.25) is 0 Å². The fraction of sp³-hybridized carbons (Fsp3) is 0.462. The van der Waals surface area contributed by atoms with Crippen LogP contribution in [0, 0.1) is 5.82 Å². The average molecular weight is 255 g/mol. The van der Waals surface area contributed by atoms with Gasteiger partial charge in [-0.2, -0.15) is 0 Å². The second-order valence-electron chi connectivity index (χ2n) is 4.37. The molecule has 0 bridgehead atoms. The molecule has 0 fully saturated rings. The third-order valence-electron chi connectivity index (χ3n) is 2.80. The molecule has 0 radical (unpaired) electrons. The van der Waals surface area contributed by atoms with Gasteiger partial charge in [-0.1, -0.05) is 0 Å². The zero-order chi connectivity index (χ0) is 13.7. The van der Waals surface area contributed by atoms with Gasteiger partial charge in [0.25, 0.3) is 0 Å². The van der Waals surface area contributed by atoms with Gasteiger partial charge in [0, 0.05) is 19.7 Å². The summed E-state index contributed by atoms with van der Waals surface area (Å²) >= 11 is 0. The number of benzene rings is 1. The van der Waals surface area contributed by atoms with Crippen LogP contribution in [0.15, 0.2) is 18.2 Å². The highest BCUT2D eigenvalue weighted by Crippen LogP contribution is 2.12. The summed E-state index contributed by atoms with van der Waals surface area (Å²) in [5, 5.41) is 8.86. The monoisotopic (exact) mass is 255 g/mol. The summed E-state index contributed by atoms with van der Waals surface area (Å²) in [5.41, 5.74) is 0.607. The zero-order valence-corrected chi connectivity index (χ0v) is 10.8. The van der Waals surface area contributed by atoms with Crippen molar-refractivity contribution in [3.05, 3.63) is 35.1 Å². The van der Waals surface area contributed by atoms with Gasteiger partial charge in [-0.25, -0.2) is 9.18 Å². The number of carboxylic acid groups (broad SMARTS) is 1. The maximum atomic E-state index is 13.3. The van der Waals surface area contributed by atoms with Crippen LogP contribution in [0.3, 0.4) is 0 Å². The van der Waals surface area contributed by atoms with E-state index in [4.69, 9.17) is 9.84 Å². The van der Waals surface area contributed by atoms with Crippen molar-refractivity contribution < 1.29 is 19.0 Å². The fourth-order valence-corrected chi connectivity index (χ4v) is 1.68. The molecule has 0 aliphatic rings. The van der Waals surface area contributed by atoms with Crippen molar-refractivity contribution in [2.75, 3.05) is 20.8 Å². The molecule has 0 amide bonds. The first-order valence-corrected chi connectivity index (χ1v) is 5.66. The molecule has 100 valence electrons. The Morgan fingerprint density at radius 2 is 2.17 bits per heavy atom. The lowest BCUT2D eigenvalue weighted by Gasteiger charge is -2.24. The van der Waals surface area contributed by atoms with Crippen LogP contribution in [0.25, 0.3) is 0 Å². The molecule has 0 aliphatic carbocycles. The summed E-state index contributed by atoms with van der Waals surface area (Å²) in [7, 11) is 3.50. The third-order valence-corrected chi connectivity index (χ3v) is 2.80. The molecule has 1 unspecified atom stereocenters. The summed E-state index contributed by atoms with van der Waals surface area (Å²) in [6.07, 6.45) is 0. The number of hydrogen-bond donors (Lipinski definition) is 1. The number of aromatic carboxylic acids is 1. The van der Waals surface area contributed by atoms with E-state index in [-0.39, 0.29) is 11.6 Å². The predicted octanol–water partition coefficient (Wildman–Crippen LogP) is 1.99. The molecule has 18 heavy (non-hydrogen) atoms. The van der Waals surface area contributed by atoms with E-state index in [2.05, 4.69) is 0 Å². The van der Waals surface area contributed by atoms with Gasteiger partial charge in [0.15, 0.2) is 0 Å². The molecule has 1 atom stereocenters. The molecule has 0 spiro atoms. The van der Waals surface area contributed by atoms with Gasteiger partial charge in [-0.15, -0.1) is 0 Å². The Kier molecular flexibility index (Phi) is 5.25. The highest BCUT2D eigenvalue weighted by molar-refractivity contribution is 5.87. The van der Waals surface area contributed by atoms with Crippen molar-refractivity contribution in [1.82, 2.24) is 4.90 Å². The maximum absolute atomic E-state index is 13.3. The van der Waals surface area contributed by atoms with E-state index in [9.17, 15) is 9.18 Å². The van der Waals surface area contributed by atoms with Crippen molar-refractivity contribution >= 4 is 5.97 Å². The maximum Gasteiger partial charge on any atom is 0.335 e. The molecule has 1 rings (SSSR count). The highest BCUT2D eigenvalue weighted by Gasteiger charge is 2.12. The van der Waals surface area contributed by atoms with Gasteiger partial charge in [0.1, 0.15) is 5.82 Å².